The van der Waals surface area contributed by atoms with E-state index in [1.807, 2.05) is 11.3 Å². The maximum absolute atomic E-state index is 5.49. The molecule has 3 aromatic rings. The second-order valence-corrected chi connectivity index (χ2v) is 9.41. The number of anilines is 2. The van der Waals surface area contributed by atoms with Crippen molar-refractivity contribution in [2.24, 2.45) is 0 Å². The zero-order valence-electron chi connectivity index (χ0n) is 17.8. The summed E-state index contributed by atoms with van der Waals surface area (Å²) < 4.78 is 5.49. The largest absolute Gasteiger partial charge is 0.379 e. The Morgan fingerprint density at radius 2 is 1.90 bits per heavy atom. The molecule has 0 amide bonds. The molecule has 30 heavy (non-hydrogen) atoms. The molecule has 1 N–H and O–H groups in total. The lowest BCUT2D eigenvalue weighted by molar-refractivity contribution is 0.0331. The van der Waals surface area contributed by atoms with Crippen molar-refractivity contribution in [3.8, 4) is 0 Å². The Bertz CT molecular complexity index is 1020. The number of hydrogen-bond donors (Lipinski definition) is 1. The highest BCUT2D eigenvalue weighted by Crippen LogP contribution is 2.39. The molecular weight excluding hydrogens is 394 g/mol. The fourth-order valence-electron chi connectivity index (χ4n) is 4.30. The Morgan fingerprint density at radius 1 is 1.10 bits per heavy atom. The highest BCUT2D eigenvalue weighted by atomic mass is 32.1. The first kappa shape index (κ1) is 19.7. The summed E-state index contributed by atoms with van der Waals surface area (Å²) in [6.45, 7) is 5.04. The van der Waals surface area contributed by atoms with Gasteiger partial charge in [0.25, 0.3) is 0 Å². The highest BCUT2D eigenvalue weighted by Gasteiger charge is 2.23. The number of aryl methyl sites for hydroxylation is 2. The Kier molecular flexibility index (Phi) is 5.58. The monoisotopic (exact) mass is 423 g/mol. The summed E-state index contributed by atoms with van der Waals surface area (Å²) in [6.07, 6.45) is 3.58. The topological polar surface area (TPSA) is 53.5 Å². The van der Waals surface area contributed by atoms with E-state index in [9.17, 15) is 0 Å². The summed E-state index contributed by atoms with van der Waals surface area (Å²) in [5.74, 6) is 1.91. The number of nitrogens with one attached hydrogen (secondary N) is 1. The summed E-state index contributed by atoms with van der Waals surface area (Å²) >= 11 is 1.86. The van der Waals surface area contributed by atoms with Gasteiger partial charge in [0.15, 0.2) is 0 Å². The van der Waals surface area contributed by atoms with E-state index in [-0.39, 0.29) is 0 Å². The van der Waals surface area contributed by atoms with Crippen LogP contribution in [0.5, 0.6) is 0 Å². The molecule has 0 saturated carbocycles. The summed E-state index contributed by atoms with van der Waals surface area (Å²) in [6, 6.07) is 8.71. The van der Waals surface area contributed by atoms with Gasteiger partial charge in [-0.25, -0.2) is 9.97 Å². The maximum Gasteiger partial charge on any atom is 0.146 e. The van der Waals surface area contributed by atoms with Gasteiger partial charge in [0, 0.05) is 44.3 Å². The first-order chi connectivity index (χ1) is 14.7. The number of nitrogens with zero attached hydrogens (tertiary/aromatic N) is 4. The molecule has 0 radical (unpaired) electrons. The number of ether oxygens (including phenoxy) is 1. The van der Waals surface area contributed by atoms with E-state index in [0.717, 1.165) is 62.3 Å². The SMILES string of the molecule is CN(C)c1ccc(CNc2nc(CN3CCOCC3)nc3sc4c(c23)CCC4)cc1. The molecule has 1 aliphatic carbocycles. The van der Waals surface area contributed by atoms with Gasteiger partial charge in [-0.1, -0.05) is 12.1 Å². The Labute approximate surface area is 181 Å². The Balaban J connectivity index is 1.42. The minimum absolute atomic E-state index is 0.765. The van der Waals surface area contributed by atoms with E-state index in [2.05, 4.69) is 53.5 Å². The molecule has 5 rings (SSSR count). The van der Waals surface area contributed by atoms with E-state index >= 15 is 0 Å². The molecule has 1 fully saturated rings. The van der Waals surface area contributed by atoms with E-state index < -0.39 is 0 Å². The van der Waals surface area contributed by atoms with Crippen molar-refractivity contribution >= 4 is 33.1 Å². The van der Waals surface area contributed by atoms with E-state index in [0.29, 0.717) is 0 Å². The summed E-state index contributed by atoms with van der Waals surface area (Å²) in [4.78, 5) is 17.1. The number of aromatic nitrogens is 2. The van der Waals surface area contributed by atoms with Gasteiger partial charge in [-0.3, -0.25) is 4.90 Å². The van der Waals surface area contributed by atoms with Crippen molar-refractivity contribution in [2.45, 2.75) is 32.4 Å². The smallest absolute Gasteiger partial charge is 0.146 e. The lowest BCUT2D eigenvalue weighted by Gasteiger charge is -2.25. The molecule has 1 saturated heterocycles. The molecule has 7 heteroatoms. The Morgan fingerprint density at radius 3 is 2.67 bits per heavy atom. The van der Waals surface area contributed by atoms with Crippen molar-refractivity contribution in [1.29, 1.82) is 0 Å². The quantitative estimate of drug-likeness (QED) is 0.653. The molecule has 2 aliphatic rings. The summed E-state index contributed by atoms with van der Waals surface area (Å²) in [7, 11) is 4.13. The minimum atomic E-state index is 0.765. The van der Waals surface area contributed by atoms with Gasteiger partial charge in [0.05, 0.1) is 25.1 Å². The summed E-state index contributed by atoms with van der Waals surface area (Å²) in [5, 5.41) is 4.90. The molecule has 0 bridgehead atoms. The molecular formula is C23H29N5OS. The zero-order chi connectivity index (χ0) is 20.5. The van der Waals surface area contributed by atoms with E-state index in [1.54, 1.807) is 0 Å². The van der Waals surface area contributed by atoms with Crippen LogP contribution in [0.25, 0.3) is 10.2 Å². The van der Waals surface area contributed by atoms with Crippen LogP contribution in [-0.4, -0.2) is 55.3 Å². The second-order valence-electron chi connectivity index (χ2n) is 8.33. The first-order valence-corrected chi connectivity index (χ1v) is 11.6. The lowest BCUT2D eigenvalue weighted by atomic mass is 10.1. The van der Waals surface area contributed by atoms with Crippen molar-refractivity contribution in [2.75, 3.05) is 50.6 Å². The molecule has 6 nitrogen and oxygen atoms in total. The first-order valence-electron chi connectivity index (χ1n) is 10.8. The predicted molar refractivity (Wildman–Crippen MR) is 124 cm³/mol. The predicted octanol–water partition coefficient (Wildman–Crippen LogP) is 3.69. The fourth-order valence-corrected chi connectivity index (χ4v) is 5.58. The van der Waals surface area contributed by atoms with Crippen LogP contribution in [0.1, 0.15) is 28.2 Å². The van der Waals surface area contributed by atoms with Gasteiger partial charge in [0.2, 0.25) is 0 Å². The van der Waals surface area contributed by atoms with Gasteiger partial charge in [-0.2, -0.15) is 0 Å². The van der Waals surface area contributed by atoms with E-state index in [1.165, 1.54) is 39.9 Å². The molecule has 1 aromatic carbocycles. The van der Waals surface area contributed by atoms with Crippen LogP contribution < -0.4 is 10.2 Å². The molecule has 2 aromatic heterocycles. The van der Waals surface area contributed by atoms with Crippen molar-refractivity contribution in [1.82, 2.24) is 14.9 Å². The normalized spacial score (nSPS) is 16.7. The number of thiophene rings is 1. The molecule has 0 spiro atoms. The van der Waals surface area contributed by atoms with Gasteiger partial charge in [-0.15, -0.1) is 11.3 Å². The fraction of sp³-hybridized carbons (Fsp3) is 0.478. The number of benzene rings is 1. The molecule has 0 unspecified atom stereocenters. The van der Waals surface area contributed by atoms with Crippen LogP contribution in [0.15, 0.2) is 24.3 Å². The average molecular weight is 424 g/mol. The molecule has 0 atom stereocenters. The van der Waals surface area contributed by atoms with Crippen LogP contribution in [0.4, 0.5) is 11.5 Å². The van der Waals surface area contributed by atoms with Gasteiger partial charge < -0.3 is 15.0 Å². The van der Waals surface area contributed by atoms with Gasteiger partial charge in [0.1, 0.15) is 16.5 Å². The van der Waals surface area contributed by atoms with Crippen LogP contribution in [0, 0.1) is 0 Å². The number of hydrogen-bond acceptors (Lipinski definition) is 7. The molecule has 1 aliphatic heterocycles. The van der Waals surface area contributed by atoms with Crippen molar-refractivity contribution in [3.63, 3.8) is 0 Å². The van der Waals surface area contributed by atoms with Crippen molar-refractivity contribution < 1.29 is 4.74 Å². The maximum atomic E-state index is 5.49. The third-order valence-corrected chi connectivity index (χ3v) is 7.18. The number of morpholine rings is 1. The highest BCUT2D eigenvalue weighted by molar-refractivity contribution is 7.19. The zero-order valence-corrected chi connectivity index (χ0v) is 18.6. The Hall–Kier alpha value is -2.22. The number of rotatable bonds is 6. The van der Waals surface area contributed by atoms with Gasteiger partial charge >= 0.3 is 0 Å². The van der Waals surface area contributed by atoms with Crippen LogP contribution >= 0.6 is 11.3 Å². The lowest BCUT2D eigenvalue weighted by Crippen LogP contribution is -2.36. The van der Waals surface area contributed by atoms with Gasteiger partial charge in [-0.05, 0) is 42.5 Å². The van der Waals surface area contributed by atoms with Crippen LogP contribution in [0.3, 0.4) is 0 Å². The van der Waals surface area contributed by atoms with Crippen LogP contribution in [0.2, 0.25) is 0 Å². The second kappa shape index (κ2) is 8.49. The van der Waals surface area contributed by atoms with Crippen molar-refractivity contribution in [3.05, 3.63) is 46.1 Å². The molecule has 158 valence electrons. The van der Waals surface area contributed by atoms with E-state index in [4.69, 9.17) is 14.7 Å². The average Bonchev–Trinajstić information content (AvgIpc) is 3.34. The molecule has 3 heterocycles. The third kappa shape index (κ3) is 4.02. The minimum Gasteiger partial charge on any atom is -0.379 e. The third-order valence-electron chi connectivity index (χ3n) is 5.99. The summed E-state index contributed by atoms with van der Waals surface area (Å²) in [5.41, 5.74) is 3.94. The standard InChI is InChI=1S/C23H29N5OS/c1-27(2)17-8-6-16(7-9-17)14-24-22-21-18-4-3-5-19(18)30-23(21)26-20(25-22)15-28-10-12-29-13-11-28/h6-9H,3-5,10-15H2,1-2H3,(H,24,25,26). The van der Waals surface area contributed by atoms with Crippen LogP contribution in [-0.2, 0) is 30.7 Å². The number of fused-ring (bicyclic) bond motifs is 3.